The van der Waals surface area contributed by atoms with E-state index in [1.807, 2.05) is 18.2 Å². The number of carboxylic acid groups (broad SMARTS) is 1. The number of nitrogens with one attached hydrogen (secondary N) is 1. The van der Waals surface area contributed by atoms with Crippen molar-refractivity contribution in [2.45, 2.75) is 25.7 Å². The molecule has 1 aliphatic rings. The van der Waals surface area contributed by atoms with Crippen molar-refractivity contribution >= 4 is 11.7 Å². The summed E-state index contributed by atoms with van der Waals surface area (Å²) in [5.74, 6) is -0.745. The van der Waals surface area contributed by atoms with E-state index in [1.54, 1.807) is 6.07 Å². The summed E-state index contributed by atoms with van der Waals surface area (Å²) in [5, 5.41) is 21.1. The number of carboxylic acids is 1. The molecule has 0 saturated heterocycles. The summed E-state index contributed by atoms with van der Waals surface area (Å²) in [5.41, 5.74) is 1.26. The number of benzene rings is 1. The van der Waals surface area contributed by atoms with Crippen LogP contribution in [-0.4, -0.2) is 17.6 Å². The number of aliphatic carboxylic acids is 1. The summed E-state index contributed by atoms with van der Waals surface area (Å²) in [4.78, 5) is 10.9. The average Bonchev–Trinajstić information content (AvgIpc) is 2.32. The summed E-state index contributed by atoms with van der Waals surface area (Å²) in [6.45, 7) is 0.623. The first-order valence-electron chi connectivity index (χ1n) is 6.10. The van der Waals surface area contributed by atoms with Crippen LogP contribution in [0.25, 0.3) is 0 Å². The van der Waals surface area contributed by atoms with Crippen LogP contribution in [-0.2, 0) is 4.79 Å². The Morgan fingerprint density at radius 1 is 1.44 bits per heavy atom. The zero-order chi connectivity index (χ0) is 13.0. The van der Waals surface area contributed by atoms with Crippen LogP contribution in [0.5, 0.6) is 0 Å². The Morgan fingerprint density at radius 2 is 2.17 bits per heavy atom. The molecule has 0 amide bonds. The molecule has 0 unspecified atom stereocenters. The fraction of sp³-hybridized carbons (Fsp3) is 0.429. The maximum absolute atomic E-state index is 10.9. The summed E-state index contributed by atoms with van der Waals surface area (Å²) in [6, 6.07) is 9.43. The van der Waals surface area contributed by atoms with Crippen molar-refractivity contribution in [1.82, 2.24) is 0 Å². The third-order valence-corrected chi connectivity index (χ3v) is 3.64. The highest BCUT2D eigenvalue weighted by molar-refractivity contribution is 5.68. The second-order valence-corrected chi connectivity index (χ2v) is 4.94. The van der Waals surface area contributed by atoms with Crippen LogP contribution in [0.3, 0.4) is 0 Å². The van der Waals surface area contributed by atoms with E-state index < -0.39 is 5.97 Å². The Balaban J connectivity index is 2.02. The van der Waals surface area contributed by atoms with Gasteiger partial charge >= 0.3 is 5.97 Å². The Bertz CT molecular complexity index is 487. The van der Waals surface area contributed by atoms with Gasteiger partial charge in [0.25, 0.3) is 0 Å². The van der Waals surface area contributed by atoms with Crippen LogP contribution in [0.15, 0.2) is 24.3 Å². The second kappa shape index (κ2) is 5.09. The van der Waals surface area contributed by atoms with Crippen molar-refractivity contribution in [3.8, 4) is 6.07 Å². The van der Waals surface area contributed by atoms with Gasteiger partial charge < -0.3 is 10.4 Å². The number of carbonyl (C=O) groups is 1. The minimum atomic E-state index is -0.745. The van der Waals surface area contributed by atoms with E-state index >= 15 is 0 Å². The van der Waals surface area contributed by atoms with Gasteiger partial charge in [0.15, 0.2) is 0 Å². The maximum Gasteiger partial charge on any atom is 0.303 e. The van der Waals surface area contributed by atoms with E-state index in [0.29, 0.717) is 12.1 Å². The van der Waals surface area contributed by atoms with Gasteiger partial charge in [0.2, 0.25) is 0 Å². The molecule has 4 heteroatoms. The standard InChI is InChI=1S/C14H16N2O2/c15-9-11-4-1-2-5-12(11)16-10-14(6-3-7-14)8-13(17)18/h1-2,4-5,16H,3,6-8,10H2,(H,17,18). The molecule has 2 N–H and O–H groups in total. The highest BCUT2D eigenvalue weighted by atomic mass is 16.4. The molecule has 1 aromatic carbocycles. The third-order valence-electron chi connectivity index (χ3n) is 3.64. The van der Waals surface area contributed by atoms with Crippen LogP contribution in [0.4, 0.5) is 5.69 Å². The van der Waals surface area contributed by atoms with Crippen LogP contribution in [0.2, 0.25) is 0 Å². The summed E-state index contributed by atoms with van der Waals surface area (Å²) >= 11 is 0. The second-order valence-electron chi connectivity index (χ2n) is 4.94. The zero-order valence-electron chi connectivity index (χ0n) is 10.1. The van der Waals surface area contributed by atoms with Crippen molar-refractivity contribution in [2.24, 2.45) is 5.41 Å². The molecule has 94 valence electrons. The van der Waals surface area contributed by atoms with E-state index in [9.17, 15) is 4.79 Å². The molecular formula is C14H16N2O2. The van der Waals surface area contributed by atoms with Gasteiger partial charge in [-0.25, -0.2) is 0 Å². The van der Waals surface area contributed by atoms with E-state index in [1.165, 1.54) is 0 Å². The molecule has 1 aliphatic carbocycles. The van der Waals surface area contributed by atoms with Gasteiger partial charge in [0.1, 0.15) is 6.07 Å². The Morgan fingerprint density at radius 3 is 2.72 bits per heavy atom. The van der Waals surface area contributed by atoms with Gasteiger partial charge in [0, 0.05) is 6.54 Å². The lowest BCUT2D eigenvalue weighted by Gasteiger charge is -2.41. The van der Waals surface area contributed by atoms with Gasteiger partial charge in [-0.2, -0.15) is 5.26 Å². The fourth-order valence-electron chi connectivity index (χ4n) is 2.43. The first-order chi connectivity index (χ1) is 8.65. The summed E-state index contributed by atoms with van der Waals surface area (Å²) in [6.07, 6.45) is 3.19. The number of anilines is 1. The Labute approximate surface area is 106 Å². The summed E-state index contributed by atoms with van der Waals surface area (Å²) < 4.78 is 0. The highest BCUT2D eigenvalue weighted by Crippen LogP contribution is 2.44. The van der Waals surface area contributed by atoms with Crippen LogP contribution >= 0.6 is 0 Å². The number of hydrogen-bond donors (Lipinski definition) is 2. The van der Waals surface area contributed by atoms with E-state index in [-0.39, 0.29) is 11.8 Å². The maximum atomic E-state index is 10.9. The van der Waals surface area contributed by atoms with Crippen molar-refractivity contribution in [3.05, 3.63) is 29.8 Å². The molecule has 0 heterocycles. The minimum absolute atomic E-state index is 0.131. The largest absolute Gasteiger partial charge is 0.481 e. The molecule has 1 saturated carbocycles. The SMILES string of the molecule is N#Cc1ccccc1NCC1(CC(=O)O)CCC1. The van der Waals surface area contributed by atoms with Crippen molar-refractivity contribution < 1.29 is 9.90 Å². The summed E-state index contributed by atoms with van der Waals surface area (Å²) in [7, 11) is 0. The van der Waals surface area contributed by atoms with Gasteiger partial charge in [-0.15, -0.1) is 0 Å². The lowest BCUT2D eigenvalue weighted by molar-refractivity contribution is -0.141. The molecule has 0 bridgehead atoms. The molecular weight excluding hydrogens is 228 g/mol. The molecule has 0 aromatic heterocycles. The van der Waals surface area contributed by atoms with Gasteiger partial charge in [0.05, 0.1) is 17.7 Å². The van der Waals surface area contributed by atoms with E-state index in [2.05, 4.69) is 11.4 Å². The highest BCUT2D eigenvalue weighted by Gasteiger charge is 2.38. The lowest BCUT2D eigenvalue weighted by atomic mass is 9.66. The monoisotopic (exact) mass is 244 g/mol. The Kier molecular flexibility index (Phi) is 3.52. The topological polar surface area (TPSA) is 73.1 Å². The fourth-order valence-corrected chi connectivity index (χ4v) is 2.43. The zero-order valence-corrected chi connectivity index (χ0v) is 10.1. The number of nitrogens with zero attached hydrogens (tertiary/aromatic N) is 1. The number of para-hydroxylation sites is 1. The molecule has 0 spiro atoms. The minimum Gasteiger partial charge on any atom is -0.481 e. The van der Waals surface area contributed by atoms with Gasteiger partial charge in [-0.1, -0.05) is 18.6 Å². The number of rotatable bonds is 5. The molecule has 4 nitrogen and oxygen atoms in total. The molecule has 1 aromatic rings. The van der Waals surface area contributed by atoms with Gasteiger partial charge in [-0.05, 0) is 30.4 Å². The Hall–Kier alpha value is -2.02. The predicted molar refractivity (Wildman–Crippen MR) is 68.2 cm³/mol. The molecule has 1 fully saturated rings. The number of nitriles is 1. The third kappa shape index (κ3) is 2.62. The van der Waals surface area contributed by atoms with Crippen LogP contribution < -0.4 is 5.32 Å². The molecule has 0 aliphatic heterocycles. The van der Waals surface area contributed by atoms with Crippen LogP contribution in [0.1, 0.15) is 31.2 Å². The first-order valence-corrected chi connectivity index (χ1v) is 6.10. The smallest absolute Gasteiger partial charge is 0.303 e. The van der Waals surface area contributed by atoms with Crippen molar-refractivity contribution in [1.29, 1.82) is 5.26 Å². The molecule has 0 radical (unpaired) electrons. The van der Waals surface area contributed by atoms with Crippen molar-refractivity contribution in [2.75, 3.05) is 11.9 Å². The lowest BCUT2D eigenvalue weighted by Crippen LogP contribution is -2.38. The van der Waals surface area contributed by atoms with Gasteiger partial charge in [-0.3, -0.25) is 4.79 Å². The first kappa shape index (κ1) is 12.4. The number of hydrogen-bond acceptors (Lipinski definition) is 3. The predicted octanol–water partition coefficient (Wildman–Crippen LogP) is 2.62. The quantitative estimate of drug-likeness (QED) is 0.835. The van der Waals surface area contributed by atoms with E-state index in [0.717, 1.165) is 24.9 Å². The molecule has 0 atom stereocenters. The molecule has 18 heavy (non-hydrogen) atoms. The van der Waals surface area contributed by atoms with Crippen molar-refractivity contribution in [3.63, 3.8) is 0 Å². The van der Waals surface area contributed by atoms with E-state index in [4.69, 9.17) is 10.4 Å². The normalized spacial score (nSPS) is 16.4. The molecule has 2 rings (SSSR count). The van der Waals surface area contributed by atoms with Crippen LogP contribution in [0, 0.1) is 16.7 Å². The average molecular weight is 244 g/mol.